The molecule has 2 aromatic heterocycles. The molecule has 0 aliphatic carbocycles. The zero-order chi connectivity index (χ0) is 13.1. The number of halogens is 1. The standard InChI is InChI=1S/C13H15IN4/c1-4-10-11(14)13(15-3)18-12(17-10)9-6-5-8(2)16-7-9/h5-7H,4H2,1-3H3,(H,15,17,18). The van der Waals surface area contributed by atoms with E-state index in [0.717, 1.165) is 38.6 Å². The molecule has 0 fully saturated rings. The van der Waals surface area contributed by atoms with Crippen LogP contribution in [0.15, 0.2) is 18.3 Å². The maximum atomic E-state index is 4.60. The molecule has 0 saturated heterocycles. The first kappa shape index (κ1) is 13.2. The Bertz CT molecular complexity index is 526. The molecule has 1 N–H and O–H groups in total. The summed E-state index contributed by atoms with van der Waals surface area (Å²) in [7, 11) is 1.88. The molecular formula is C13H15IN4. The number of nitrogens with zero attached hydrogens (tertiary/aromatic N) is 3. The van der Waals surface area contributed by atoms with Gasteiger partial charge >= 0.3 is 0 Å². The van der Waals surface area contributed by atoms with Gasteiger partial charge in [-0.2, -0.15) is 0 Å². The highest BCUT2D eigenvalue weighted by Gasteiger charge is 2.11. The molecule has 0 saturated carbocycles. The molecule has 0 aromatic carbocycles. The highest BCUT2D eigenvalue weighted by atomic mass is 127. The number of aryl methyl sites for hydroxylation is 2. The normalized spacial score (nSPS) is 10.4. The van der Waals surface area contributed by atoms with Gasteiger partial charge in [-0.25, -0.2) is 9.97 Å². The molecule has 5 heteroatoms. The second-order valence-corrected chi connectivity index (χ2v) is 5.03. The second-order valence-electron chi connectivity index (χ2n) is 3.95. The Hall–Kier alpha value is -1.24. The molecule has 0 unspecified atom stereocenters. The lowest BCUT2D eigenvalue weighted by Crippen LogP contribution is -2.04. The van der Waals surface area contributed by atoms with Crippen LogP contribution in [0.4, 0.5) is 5.82 Å². The van der Waals surface area contributed by atoms with Crippen molar-refractivity contribution in [2.24, 2.45) is 0 Å². The number of pyridine rings is 1. The van der Waals surface area contributed by atoms with Crippen molar-refractivity contribution in [3.8, 4) is 11.4 Å². The van der Waals surface area contributed by atoms with Gasteiger partial charge in [0.15, 0.2) is 5.82 Å². The maximum Gasteiger partial charge on any atom is 0.163 e. The summed E-state index contributed by atoms with van der Waals surface area (Å²) >= 11 is 2.28. The van der Waals surface area contributed by atoms with Crippen LogP contribution >= 0.6 is 22.6 Å². The van der Waals surface area contributed by atoms with Crippen molar-refractivity contribution in [2.45, 2.75) is 20.3 Å². The van der Waals surface area contributed by atoms with Crippen LogP contribution in [0.2, 0.25) is 0 Å². The fraction of sp³-hybridized carbons (Fsp3) is 0.308. The molecule has 2 rings (SSSR count). The second kappa shape index (κ2) is 5.60. The first-order valence-corrected chi connectivity index (χ1v) is 6.90. The van der Waals surface area contributed by atoms with Gasteiger partial charge in [-0.15, -0.1) is 0 Å². The van der Waals surface area contributed by atoms with Crippen LogP contribution in [-0.2, 0) is 6.42 Å². The van der Waals surface area contributed by atoms with E-state index in [1.165, 1.54) is 0 Å². The summed E-state index contributed by atoms with van der Waals surface area (Å²) in [6.45, 7) is 4.07. The number of nitrogens with one attached hydrogen (secondary N) is 1. The minimum absolute atomic E-state index is 0.726. The van der Waals surface area contributed by atoms with Crippen molar-refractivity contribution in [3.05, 3.63) is 33.3 Å². The van der Waals surface area contributed by atoms with Gasteiger partial charge in [0.25, 0.3) is 0 Å². The first-order valence-electron chi connectivity index (χ1n) is 5.83. The number of hydrogen-bond donors (Lipinski definition) is 1. The van der Waals surface area contributed by atoms with Crippen molar-refractivity contribution >= 4 is 28.4 Å². The van der Waals surface area contributed by atoms with E-state index in [0.29, 0.717) is 0 Å². The van der Waals surface area contributed by atoms with E-state index >= 15 is 0 Å². The summed E-state index contributed by atoms with van der Waals surface area (Å²) < 4.78 is 1.08. The average Bonchev–Trinajstić information content (AvgIpc) is 2.40. The van der Waals surface area contributed by atoms with Gasteiger partial charge in [0.05, 0.1) is 9.26 Å². The molecule has 0 aliphatic rings. The third-order valence-electron chi connectivity index (χ3n) is 2.66. The molecule has 4 nitrogen and oxygen atoms in total. The van der Waals surface area contributed by atoms with E-state index in [1.807, 2.05) is 32.3 Å². The van der Waals surface area contributed by atoms with Gasteiger partial charge in [-0.05, 0) is 48.1 Å². The Morgan fingerprint density at radius 1 is 1.28 bits per heavy atom. The summed E-state index contributed by atoms with van der Waals surface area (Å²) in [5, 5.41) is 3.11. The summed E-state index contributed by atoms with van der Waals surface area (Å²) in [6.07, 6.45) is 2.71. The van der Waals surface area contributed by atoms with Crippen LogP contribution in [-0.4, -0.2) is 22.0 Å². The average molecular weight is 354 g/mol. The number of rotatable bonds is 3. The molecule has 0 bridgehead atoms. The highest BCUT2D eigenvalue weighted by Crippen LogP contribution is 2.23. The number of anilines is 1. The molecule has 0 spiro atoms. The molecule has 2 aromatic rings. The minimum Gasteiger partial charge on any atom is -0.372 e. The summed E-state index contributed by atoms with van der Waals surface area (Å²) in [6, 6.07) is 3.98. The van der Waals surface area contributed by atoms with Gasteiger partial charge in [-0.1, -0.05) is 6.92 Å². The summed E-state index contributed by atoms with van der Waals surface area (Å²) in [4.78, 5) is 13.4. The van der Waals surface area contributed by atoms with E-state index in [1.54, 1.807) is 0 Å². The molecule has 94 valence electrons. The van der Waals surface area contributed by atoms with Crippen molar-refractivity contribution in [1.82, 2.24) is 15.0 Å². The third-order valence-corrected chi connectivity index (χ3v) is 3.79. The van der Waals surface area contributed by atoms with Gasteiger partial charge in [0.1, 0.15) is 5.82 Å². The quantitative estimate of drug-likeness (QED) is 0.861. The van der Waals surface area contributed by atoms with Gasteiger partial charge in [0, 0.05) is 24.5 Å². The van der Waals surface area contributed by atoms with Crippen LogP contribution in [0.25, 0.3) is 11.4 Å². The van der Waals surface area contributed by atoms with Crippen molar-refractivity contribution < 1.29 is 0 Å². The molecule has 0 atom stereocenters. The molecule has 2 heterocycles. The Morgan fingerprint density at radius 3 is 2.61 bits per heavy atom. The predicted molar refractivity (Wildman–Crippen MR) is 81.6 cm³/mol. The van der Waals surface area contributed by atoms with E-state index in [-0.39, 0.29) is 0 Å². The molecule has 18 heavy (non-hydrogen) atoms. The van der Waals surface area contributed by atoms with Gasteiger partial charge < -0.3 is 5.32 Å². The lowest BCUT2D eigenvalue weighted by molar-refractivity contribution is 0.988. The fourth-order valence-corrected chi connectivity index (χ4v) is 2.51. The Kier molecular flexibility index (Phi) is 4.11. The Labute approximate surface area is 120 Å². The van der Waals surface area contributed by atoms with Crippen molar-refractivity contribution in [1.29, 1.82) is 0 Å². The van der Waals surface area contributed by atoms with E-state index in [2.05, 4.69) is 49.8 Å². The van der Waals surface area contributed by atoms with Gasteiger partial charge in [-0.3, -0.25) is 4.98 Å². The SMILES string of the molecule is CCc1nc(-c2ccc(C)nc2)nc(NC)c1I. The highest BCUT2D eigenvalue weighted by molar-refractivity contribution is 14.1. The Balaban J connectivity index is 2.54. The maximum absolute atomic E-state index is 4.60. The lowest BCUT2D eigenvalue weighted by atomic mass is 10.2. The predicted octanol–water partition coefficient (Wildman–Crippen LogP) is 3.06. The summed E-state index contributed by atoms with van der Waals surface area (Å²) in [5.74, 6) is 1.60. The molecule has 0 amide bonds. The van der Waals surface area contributed by atoms with Crippen LogP contribution in [0, 0.1) is 10.5 Å². The zero-order valence-electron chi connectivity index (χ0n) is 10.7. The van der Waals surface area contributed by atoms with Crippen LogP contribution in [0.3, 0.4) is 0 Å². The van der Waals surface area contributed by atoms with Crippen LogP contribution in [0.1, 0.15) is 18.3 Å². The zero-order valence-corrected chi connectivity index (χ0v) is 12.8. The first-order chi connectivity index (χ1) is 8.65. The largest absolute Gasteiger partial charge is 0.372 e. The van der Waals surface area contributed by atoms with Gasteiger partial charge in [0.2, 0.25) is 0 Å². The summed E-state index contributed by atoms with van der Waals surface area (Å²) in [5.41, 5.74) is 3.00. The lowest BCUT2D eigenvalue weighted by Gasteiger charge is -2.10. The van der Waals surface area contributed by atoms with E-state index < -0.39 is 0 Å². The van der Waals surface area contributed by atoms with Crippen molar-refractivity contribution in [2.75, 3.05) is 12.4 Å². The van der Waals surface area contributed by atoms with E-state index in [4.69, 9.17) is 0 Å². The molecule has 0 radical (unpaired) electrons. The topological polar surface area (TPSA) is 50.7 Å². The van der Waals surface area contributed by atoms with E-state index in [9.17, 15) is 0 Å². The smallest absolute Gasteiger partial charge is 0.163 e. The van der Waals surface area contributed by atoms with Crippen LogP contribution < -0.4 is 5.32 Å². The monoisotopic (exact) mass is 354 g/mol. The van der Waals surface area contributed by atoms with Crippen molar-refractivity contribution in [3.63, 3.8) is 0 Å². The number of aromatic nitrogens is 3. The molecular weight excluding hydrogens is 339 g/mol. The van der Waals surface area contributed by atoms with Crippen LogP contribution in [0.5, 0.6) is 0 Å². The Morgan fingerprint density at radius 2 is 2.06 bits per heavy atom. The fourth-order valence-electron chi connectivity index (χ4n) is 1.62. The molecule has 0 aliphatic heterocycles. The minimum atomic E-state index is 0.726. The third kappa shape index (κ3) is 2.60. The number of hydrogen-bond acceptors (Lipinski definition) is 4.